The minimum atomic E-state index is 0.287. The Morgan fingerprint density at radius 1 is 1.47 bits per heavy atom. The summed E-state index contributed by atoms with van der Waals surface area (Å²) >= 11 is 0. The van der Waals surface area contributed by atoms with E-state index in [2.05, 4.69) is 16.4 Å². The second-order valence-electron chi connectivity index (χ2n) is 3.64. The molecule has 0 aliphatic carbocycles. The van der Waals surface area contributed by atoms with Crippen LogP contribution in [0.3, 0.4) is 0 Å². The van der Waals surface area contributed by atoms with Crippen LogP contribution in [0.15, 0.2) is 36.4 Å². The third-order valence-corrected chi connectivity index (χ3v) is 2.61. The van der Waals surface area contributed by atoms with Gasteiger partial charge in [-0.1, -0.05) is 0 Å². The quantitative estimate of drug-likeness (QED) is 0.807. The van der Waals surface area contributed by atoms with Gasteiger partial charge >= 0.3 is 0 Å². The number of hydrogen-bond donors (Lipinski definition) is 1. The first-order valence-electron chi connectivity index (χ1n) is 5.29. The fourth-order valence-corrected chi connectivity index (χ4v) is 1.78. The SMILES string of the molecule is CNC(Cc1ccncc1)C1=CCCO1. The maximum absolute atomic E-state index is 5.56. The van der Waals surface area contributed by atoms with Crippen LogP contribution in [0.25, 0.3) is 0 Å². The third kappa shape index (κ3) is 2.57. The fraction of sp³-hybridized carbons (Fsp3) is 0.417. The average molecular weight is 204 g/mol. The molecule has 0 amide bonds. The van der Waals surface area contributed by atoms with Crippen LogP contribution >= 0.6 is 0 Å². The Balaban J connectivity index is 2.02. The predicted molar refractivity (Wildman–Crippen MR) is 59.4 cm³/mol. The number of nitrogens with one attached hydrogen (secondary N) is 1. The predicted octanol–water partition coefficient (Wildman–Crippen LogP) is 1.52. The molecule has 1 aromatic heterocycles. The summed E-state index contributed by atoms with van der Waals surface area (Å²) in [5.41, 5.74) is 1.28. The van der Waals surface area contributed by atoms with Gasteiger partial charge in [-0.05, 0) is 37.2 Å². The van der Waals surface area contributed by atoms with E-state index in [0.717, 1.165) is 25.2 Å². The number of nitrogens with zero attached hydrogens (tertiary/aromatic N) is 1. The van der Waals surface area contributed by atoms with Crippen molar-refractivity contribution in [2.75, 3.05) is 13.7 Å². The van der Waals surface area contributed by atoms with Crippen LogP contribution in [0, 0.1) is 0 Å². The first-order chi connectivity index (χ1) is 7.40. The van der Waals surface area contributed by atoms with Crippen LogP contribution < -0.4 is 5.32 Å². The van der Waals surface area contributed by atoms with Crippen molar-refractivity contribution in [3.05, 3.63) is 41.9 Å². The number of rotatable bonds is 4. The van der Waals surface area contributed by atoms with Crippen LogP contribution in [0.4, 0.5) is 0 Å². The molecular formula is C12H16N2O. The Labute approximate surface area is 90.2 Å². The van der Waals surface area contributed by atoms with Gasteiger partial charge in [-0.15, -0.1) is 0 Å². The summed E-state index contributed by atoms with van der Waals surface area (Å²) in [6, 6.07) is 4.37. The molecule has 0 radical (unpaired) electrons. The van der Waals surface area contributed by atoms with Gasteiger partial charge in [-0.25, -0.2) is 0 Å². The number of pyridine rings is 1. The Hall–Kier alpha value is -1.35. The van der Waals surface area contributed by atoms with E-state index < -0.39 is 0 Å². The Kier molecular flexibility index (Phi) is 3.35. The number of ether oxygens (including phenoxy) is 1. The van der Waals surface area contributed by atoms with E-state index in [9.17, 15) is 0 Å². The molecule has 0 aromatic carbocycles. The summed E-state index contributed by atoms with van der Waals surface area (Å²) in [6.45, 7) is 0.823. The molecule has 1 aromatic rings. The average Bonchev–Trinajstić information content (AvgIpc) is 2.81. The number of hydrogen-bond acceptors (Lipinski definition) is 3. The lowest BCUT2D eigenvalue weighted by atomic mass is 10.1. The molecule has 3 heteroatoms. The van der Waals surface area contributed by atoms with Gasteiger partial charge in [0.25, 0.3) is 0 Å². The molecule has 1 N–H and O–H groups in total. The normalized spacial score (nSPS) is 17.0. The molecule has 0 bridgehead atoms. The minimum Gasteiger partial charge on any atom is -0.496 e. The third-order valence-electron chi connectivity index (χ3n) is 2.61. The molecule has 0 fully saturated rings. The van der Waals surface area contributed by atoms with Gasteiger partial charge in [0, 0.05) is 18.8 Å². The van der Waals surface area contributed by atoms with E-state index in [1.165, 1.54) is 5.56 Å². The van der Waals surface area contributed by atoms with Crippen molar-refractivity contribution < 1.29 is 4.74 Å². The summed E-state index contributed by atoms with van der Waals surface area (Å²) in [5, 5.41) is 3.28. The van der Waals surface area contributed by atoms with E-state index >= 15 is 0 Å². The lowest BCUT2D eigenvalue weighted by molar-refractivity contribution is 0.217. The minimum absolute atomic E-state index is 0.287. The Morgan fingerprint density at radius 3 is 2.87 bits per heavy atom. The first kappa shape index (κ1) is 10.2. The van der Waals surface area contributed by atoms with Crippen molar-refractivity contribution in [2.45, 2.75) is 18.9 Å². The summed E-state index contributed by atoms with van der Waals surface area (Å²) in [4.78, 5) is 4.01. The molecule has 1 atom stereocenters. The fourth-order valence-electron chi connectivity index (χ4n) is 1.78. The zero-order valence-electron chi connectivity index (χ0n) is 8.94. The largest absolute Gasteiger partial charge is 0.496 e. The van der Waals surface area contributed by atoms with Crippen LogP contribution in [-0.4, -0.2) is 24.7 Å². The molecule has 1 aliphatic heterocycles. The van der Waals surface area contributed by atoms with Crippen LogP contribution in [0.5, 0.6) is 0 Å². The molecular weight excluding hydrogens is 188 g/mol. The molecule has 1 aliphatic rings. The van der Waals surface area contributed by atoms with Crippen molar-refractivity contribution in [3.8, 4) is 0 Å². The molecule has 15 heavy (non-hydrogen) atoms. The molecule has 1 unspecified atom stereocenters. The van der Waals surface area contributed by atoms with Crippen LogP contribution in [0.1, 0.15) is 12.0 Å². The van der Waals surface area contributed by atoms with Gasteiger partial charge in [-0.3, -0.25) is 4.98 Å². The molecule has 2 heterocycles. The lowest BCUT2D eigenvalue weighted by Crippen LogP contribution is -2.30. The highest BCUT2D eigenvalue weighted by atomic mass is 16.5. The van der Waals surface area contributed by atoms with Crippen LogP contribution in [-0.2, 0) is 11.2 Å². The van der Waals surface area contributed by atoms with E-state index in [1.54, 1.807) is 0 Å². The van der Waals surface area contributed by atoms with E-state index in [1.807, 2.05) is 31.6 Å². The zero-order chi connectivity index (χ0) is 10.5. The maximum Gasteiger partial charge on any atom is 0.109 e. The highest BCUT2D eigenvalue weighted by molar-refractivity contribution is 5.17. The highest BCUT2D eigenvalue weighted by Gasteiger charge is 2.17. The van der Waals surface area contributed by atoms with Gasteiger partial charge in [0.2, 0.25) is 0 Å². The molecule has 0 spiro atoms. The van der Waals surface area contributed by atoms with Gasteiger partial charge in [0.1, 0.15) is 5.76 Å². The molecule has 2 rings (SSSR count). The second kappa shape index (κ2) is 4.94. The molecule has 3 nitrogen and oxygen atoms in total. The van der Waals surface area contributed by atoms with Gasteiger partial charge < -0.3 is 10.1 Å². The summed E-state index contributed by atoms with van der Waals surface area (Å²) in [7, 11) is 1.97. The lowest BCUT2D eigenvalue weighted by Gasteiger charge is -2.17. The Morgan fingerprint density at radius 2 is 2.27 bits per heavy atom. The molecule has 0 saturated heterocycles. The van der Waals surface area contributed by atoms with E-state index in [-0.39, 0.29) is 6.04 Å². The van der Waals surface area contributed by atoms with E-state index in [4.69, 9.17) is 4.74 Å². The van der Waals surface area contributed by atoms with Gasteiger partial charge in [0.05, 0.1) is 12.6 Å². The zero-order valence-corrected chi connectivity index (χ0v) is 8.94. The van der Waals surface area contributed by atoms with Gasteiger partial charge in [0.15, 0.2) is 0 Å². The van der Waals surface area contributed by atoms with E-state index in [0.29, 0.717) is 0 Å². The van der Waals surface area contributed by atoms with Crippen molar-refractivity contribution in [3.63, 3.8) is 0 Å². The van der Waals surface area contributed by atoms with Crippen molar-refractivity contribution in [2.24, 2.45) is 0 Å². The van der Waals surface area contributed by atoms with Crippen molar-refractivity contribution in [1.82, 2.24) is 10.3 Å². The summed E-state index contributed by atoms with van der Waals surface area (Å²) in [5.74, 6) is 1.08. The van der Waals surface area contributed by atoms with Crippen molar-refractivity contribution >= 4 is 0 Å². The molecule has 0 saturated carbocycles. The molecule has 80 valence electrons. The monoisotopic (exact) mass is 204 g/mol. The smallest absolute Gasteiger partial charge is 0.109 e. The first-order valence-corrected chi connectivity index (χ1v) is 5.29. The topological polar surface area (TPSA) is 34.2 Å². The number of likely N-dealkylation sites (N-methyl/N-ethyl adjacent to an activating group) is 1. The summed E-state index contributed by atoms with van der Waals surface area (Å²) in [6.07, 6.45) is 7.80. The van der Waals surface area contributed by atoms with Crippen LogP contribution in [0.2, 0.25) is 0 Å². The number of aromatic nitrogens is 1. The maximum atomic E-state index is 5.56. The van der Waals surface area contributed by atoms with Crippen molar-refractivity contribution in [1.29, 1.82) is 0 Å². The second-order valence-corrected chi connectivity index (χ2v) is 3.64. The standard InChI is InChI=1S/C12H16N2O/c1-13-11(12-3-2-8-15-12)9-10-4-6-14-7-5-10/h3-7,11,13H,2,8-9H2,1H3. The highest BCUT2D eigenvalue weighted by Crippen LogP contribution is 2.16. The Bertz CT molecular complexity index is 335. The summed E-state index contributed by atoms with van der Waals surface area (Å²) < 4.78 is 5.56. The van der Waals surface area contributed by atoms with Gasteiger partial charge in [-0.2, -0.15) is 0 Å².